The largest absolute Gasteiger partial charge is 0.478 e. The topological polar surface area (TPSA) is 37.3 Å². The molecular formula is C13H13BrO2S. The van der Waals surface area contributed by atoms with E-state index < -0.39 is 5.97 Å². The van der Waals surface area contributed by atoms with E-state index in [1.807, 2.05) is 6.07 Å². The van der Waals surface area contributed by atoms with Crippen LogP contribution in [0.4, 0.5) is 0 Å². The van der Waals surface area contributed by atoms with Crippen molar-refractivity contribution >= 4 is 33.7 Å². The van der Waals surface area contributed by atoms with Crippen molar-refractivity contribution in [1.82, 2.24) is 0 Å². The fraction of sp³-hybridized carbons (Fsp3) is 0.308. The lowest BCUT2D eigenvalue weighted by Crippen LogP contribution is -2.05. The summed E-state index contributed by atoms with van der Waals surface area (Å²) in [5.74, 6) is -0.861. The summed E-state index contributed by atoms with van der Waals surface area (Å²) < 4.78 is 0.921. The molecule has 0 aliphatic heterocycles. The molecule has 1 aliphatic carbocycles. The first-order chi connectivity index (χ1) is 8.16. The lowest BCUT2D eigenvalue weighted by Gasteiger charge is -2.17. The average molecular weight is 313 g/mol. The number of aromatic carboxylic acids is 1. The van der Waals surface area contributed by atoms with Crippen LogP contribution >= 0.6 is 27.7 Å². The van der Waals surface area contributed by atoms with Crippen molar-refractivity contribution in [3.05, 3.63) is 40.4 Å². The summed E-state index contributed by atoms with van der Waals surface area (Å²) in [5.41, 5.74) is 0.386. The van der Waals surface area contributed by atoms with Crippen LogP contribution < -0.4 is 0 Å². The highest BCUT2D eigenvalue weighted by atomic mass is 79.9. The van der Waals surface area contributed by atoms with Gasteiger partial charge in [0.15, 0.2) is 0 Å². The Kier molecular flexibility index (Phi) is 4.29. The van der Waals surface area contributed by atoms with E-state index in [9.17, 15) is 4.79 Å². The first kappa shape index (κ1) is 12.7. The minimum atomic E-state index is -0.861. The molecule has 0 heterocycles. The maximum absolute atomic E-state index is 11.1. The maximum Gasteiger partial charge on any atom is 0.336 e. The summed E-state index contributed by atoms with van der Waals surface area (Å²) >= 11 is 5.02. The van der Waals surface area contributed by atoms with Crippen LogP contribution in [0.2, 0.25) is 0 Å². The van der Waals surface area contributed by atoms with Crippen LogP contribution in [0.5, 0.6) is 0 Å². The van der Waals surface area contributed by atoms with Crippen molar-refractivity contribution < 1.29 is 9.90 Å². The molecular weight excluding hydrogens is 300 g/mol. The molecule has 0 aromatic heterocycles. The van der Waals surface area contributed by atoms with Gasteiger partial charge in [-0.3, -0.25) is 0 Å². The molecule has 1 aromatic rings. The van der Waals surface area contributed by atoms with Gasteiger partial charge in [0.05, 0.1) is 5.56 Å². The van der Waals surface area contributed by atoms with Crippen LogP contribution in [0.25, 0.3) is 0 Å². The van der Waals surface area contributed by atoms with E-state index in [1.165, 1.54) is 6.42 Å². The SMILES string of the molecule is O=C(O)c1ccc(Br)cc1SC1C=CCCC1. The predicted molar refractivity (Wildman–Crippen MR) is 73.7 cm³/mol. The van der Waals surface area contributed by atoms with E-state index >= 15 is 0 Å². The molecule has 0 spiro atoms. The number of rotatable bonds is 3. The zero-order valence-electron chi connectivity index (χ0n) is 9.23. The summed E-state index contributed by atoms with van der Waals surface area (Å²) in [4.78, 5) is 12.0. The third-order valence-electron chi connectivity index (χ3n) is 2.66. The first-order valence-electron chi connectivity index (χ1n) is 5.53. The van der Waals surface area contributed by atoms with Crippen molar-refractivity contribution in [2.45, 2.75) is 29.4 Å². The number of hydrogen-bond acceptors (Lipinski definition) is 2. The minimum Gasteiger partial charge on any atom is -0.478 e. The summed E-state index contributed by atoms with van der Waals surface area (Å²) in [5, 5.41) is 9.54. The van der Waals surface area contributed by atoms with E-state index in [2.05, 4.69) is 28.1 Å². The fourth-order valence-corrected chi connectivity index (χ4v) is 3.60. The molecule has 4 heteroatoms. The highest BCUT2D eigenvalue weighted by Crippen LogP contribution is 2.34. The monoisotopic (exact) mass is 312 g/mol. The van der Waals surface area contributed by atoms with Gasteiger partial charge in [-0.05, 0) is 37.5 Å². The van der Waals surface area contributed by atoms with E-state index in [0.29, 0.717) is 10.8 Å². The molecule has 0 saturated heterocycles. The van der Waals surface area contributed by atoms with Crippen LogP contribution in [0.3, 0.4) is 0 Å². The lowest BCUT2D eigenvalue weighted by molar-refractivity contribution is 0.0693. The van der Waals surface area contributed by atoms with E-state index in [4.69, 9.17) is 5.11 Å². The van der Waals surface area contributed by atoms with Gasteiger partial charge in [0, 0.05) is 14.6 Å². The van der Waals surface area contributed by atoms with Gasteiger partial charge >= 0.3 is 5.97 Å². The quantitative estimate of drug-likeness (QED) is 0.843. The van der Waals surface area contributed by atoms with Gasteiger partial charge < -0.3 is 5.11 Å². The Morgan fingerprint density at radius 2 is 2.29 bits per heavy atom. The van der Waals surface area contributed by atoms with Crippen LogP contribution in [-0.2, 0) is 0 Å². The lowest BCUT2D eigenvalue weighted by atomic mass is 10.1. The number of benzene rings is 1. The minimum absolute atomic E-state index is 0.386. The molecule has 90 valence electrons. The van der Waals surface area contributed by atoms with Crippen LogP contribution in [0.15, 0.2) is 39.7 Å². The number of allylic oxidation sites excluding steroid dienone is 1. The van der Waals surface area contributed by atoms with Crippen LogP contribution in [0.1, 0.15) is 29.6 Å². The second-order valence-corrected chi connectivity index (χ2v) is 6.16. The summed E-state index contributed by atoms with van der Waals surface area (Å²) in [6.07, 6.45) is 7.80. The third-order valence-corrected chi connectivity index (χ3v) is 4.44. The van der Waals surface area contributed by atoms with Gasteiger partial charge in [-0.25, -0.2) is 4.79 Å². The number of thioether (sulfide) groups is 1. The third kappa shape index (κ3) is 3.36. The highest BCUT2D eigenvalue weighted by Gasteiger charge is 2.16. The number of carbonyl (C=O) groups is 1. The molecule has 0 saturated carbocycles. The van der Waals surface area contributed by atoms with Crippen molar-refractivity contribution in [3.63, 3.8) is 0 Å². The average Bonchev–Trinajstić information content (AvgIpc) is 2.30. The van der Waals surface area contributed by atoms with Crippen molar-refractivity contribution in [1.29, 1.82) is 0 Å². The Labute approximate surface area is 113 Å². The number of hydrogen-bond donors (Lipinski definition) is 1. The summed E-state index contributed by atoms with van der Waals surface area (Å²) in [6.45, 7) is 0. The Balaban J connectivity index is 2.23. The van der Waals surface area contributed by atoms with Crippen molar-refractivity contribution in [2.75, 3.05) is 0 Å². The number of halogens is 1. The molecule has 0 radical (unpaired) electrons. The van der Waals surface area contributed by atoms with E-state index in [1.54, 1.807) is 23.9 Å². The molecule has 1 N–H and O–H groups in total. The Bertz CT molecular complexity index is 457. The molecule has 17 heavy (non-hydrogen) atoms. The summed E-state index contributed by atoms with van der Waals surface area (Å²) in [6, 6.07) is 5.31. The number of carboxylic acid groups (broad SMARTS) is 1. The van der Waals surface area contributed by atoms with Gasteiger partial charge in [0.2, 0.25) is 0 Å². The zero-order chi connectivity index (χ0) is 12.3. The second kappa shape index (κ2) is 5.74. The molecule has 2 nitrogen and oxygen atoms in total. The van der Waals surface area contributed by atoms with Gasteiger partial charge in [0.25, 0.3) is 0 Å². The van der Waals surface area contributed by atoms with Gasteiger partial charge in [-0.15, -0.1) is 11.8 Å². The molecule has 2 rings (SSSR count). The molecule has 1 atom stereocenters. The first-order valence-corrected chi connectivity index (χ1v) is 7.20. The van der Waals surface area contributed by atoms with Crippen LogP contribution in [0, 0.1) is 0 Å². The van der Waals surface area contributed by atoms with E-state index in [0.717, 1.165) is 22.2 Å². The zero-order valence-corrected chi connectivity index (χ0v) is 11.6. The van der Waals surface area contributed by atoms with Gasteiger partial charge in [0.1, 0.15) is 0 Å². The molecule has 1 unspecified atom stereocenters. The van der Waals surface area contributed by atoms with Crippen molar-refractivity contribution in [3.8, 4) is 0 Å². The summed E-state index contributed by atoms with van der Waals surface area (Å²) in [7, 11) is 0. The smallest absolute Gasteiger partial charge is 0.336 e. The molecule has 0 fully saturated rings. The van der Waals surface area contributed by atoms with Crippen LogP contribution in [-0.4, -0.2) is 16.3 Å². The van der Waals surface area contributed by atoms with Gasteiger partial charge in [-0.1, -0.05) is 28.1 Å². The molecule has 1 aromatic carbocycles. The Morgan fingerprint density at radius 1 is 1.47 bits per heavy atom. The molecule has 1 aliphatic rings. The second-order valence-electron chi connectivity index (χ2n) is 3.96. The Morgan fingerprint density at radius 3 is 2.94 bits per heavy atom. The Hall–Kier alpha value is -0.740. The van der Waals surface area contributed by atoms with E-state index in [-0.39, 0.29) is 0 Å². The maximum atomic E-state index is 11.1. The van der Waals surface area contributed by atoms with Gasteiger partial charge in [-0.2, -0.15) is 0 Å². The normalized spacial score (nSPS) is 19.2. The highest BCUT2D eigenvalue weighted by molar-refractivity contribution is 9.10. The van der Waals surface area contributed by atoms with Crippen molar-refractivity contribution in [2.24, 2.45) is 0 Å². The predicted octanol–water partition coefficient (Wildman–Crippen LogP) is 4.35. The fourth-order valence-electron chi connectivity index (χ4n) is 1.81. The standard InChI is InChI=1S/C13H13BrO2S/c14-9-6-7-11(13(15)16)12(8-9)17-10-4-2-1-3-5-10/h2,4,6-8,10H,1,3,5H2,(H,15,16). The number of carboxylic acids is 1. The molecule has 0 amide bonds. The molecule has 0 bridgehead atoms.